The number of hydrogen-bond donors (Lipinski definition) is 5. The van der Waals surface area contributed by atoms with Crippen molar-refractivity contribution >= 4 is 17.7 Å². The number of thioether (sulfide) groups is 1. The first-order valence-electron chi connectivity index (χ1n) is 5.24. The highest BCUT2D eigenvalue weighted by Gasteiger charge is 2.41. The monoisotopic (exact) mass is 267 g/mol. The molecule has 0 amide bonds. The van der Waals surface area contributed by atoms with Gasteiger partial charge in [0.15, 0.2) is 5.37 Å². The van der Waals surface area contributed by atoms with Gasteiger partial charge in [0.1, 0.15) is 30.3 Å². The molecule has 0 aromatic heterocycles. The van der Waals surface area contributed by atoms with E-state index in [1.165, 1.54) is 24.0 Å². The van der Waals surface area contributed by atoms with Gasteiger partial charge in [-0.25, -0.2) is 0 Å². The summed E-state index contributed by atoms with van der Waals surface area (Å²) in [5, 5.41) is 49.2. The number of carboxylic acids is 1. The lowest BCUT2D eigenvalue weighted by Crippen LogP contribution is -2.96. The molecule has 7 nitrogen and oxygen atoms in total. The number of carboxylic acid groups (broad SMARTS) is 1. The van der Waals surface area contributed by atoms with E-state index >= 15 is 0 Å². The Kier molecular flexibility index (Phi) is 5.17. The van der Waals surface area contributed by atoms with E-state index in [1.807, 2.05) is 0 Å². The Morgan fingerprint density at radius 3 is 2.35 bits per heavy atom. The van der Waals surface area contributed by atoms with E-state index in [4.69, 9.17) is 5.11 Å². The second-order valence-corrected chi connectivity index (χ2v) is 5.34. The molecular weight excluding hydrogens is 250 g/mol. The number of aliphatic carboxylic acids is 1. The number of carbonyl (C=O) groups excluding carboxylic acids is 1. The van der Waals surface area contributed by atoms with Crippen LogP contribution in [-0.2, 0) is 4.79 Å². The van der Waals surface area contributed by atoms with Crippen molar-refractivity contribution in [2.45, 2.75) is 42.8 Å². The van der Waals surface area contributed by atoms with Gasteiger partial charge in [-0.15, -0.1) is 0 Å². The Balaban J connectivity index is 2.54. The van der Waals surface area contributed by atoms with Crippen LogP contribution in [0.2, 0.25) is 0 Å². The van der Waals surface area contributed by atoms with Gasteiger partial charge in [-0.3, -0.25) is 0 Å². The molecule has 0 bridgehead atoms. The molecule has 1 rings (SSSR count). The Morgan fingerprint density at radius 2 is 1.94 bits per heavy atom. The maximum atomic E-state index is 10.6. The van der Waals surface area contributed by atoms with Crippen LogP contribution < -0.4 is 10.4 Å². The van der Waals surface area contributed by atoms with Crippen molar-refractivity contribution < 1.29 is 35.6 Å². The summed E-state index contributed by atoms with van der Waals surface area (Å²) in [6.45, 7) is 1.29. The summed E-state index contributed by atoms with van der Waals surface area (Å²) in [5.41, 5.74) is 0. The van der Waals surface area contributed by atoms with E-state index in [0.717, 1.165) is 0 Å². The van der Waals surface area contributed by atoms with Crippen LogP contribution in [0.15, 0.2) is 0 Å². The normalized spacial score (nSPS) is 31.8. The number of aliphatic hydroxyl groups is 4. The summed E-state index contributed by atoms with van der Waals surface area (Å²) in [6.07, 6.45) is -5.50. The molecule has 1 fully saturated rings. The molecule has 0 aromatic rings. The Bertz CT molecular complexity index is 276. The van der Waals surface area contributed by atoms with Crippen molar-refractivity contribution in [3.63, 3.8) is 0 Å². The van der Waals surface area contributed by atoms with Gasteiger partial charge in [-0.05, 0) is 6.92 Å². The number of hydrogen-bond acceptors (Lipinski definition) is 7. The average molecular weight is 267 g/mol. The Hall–Kier alpha value is -0.380. The molecule has 1 saturated heterocycles. The van der Waals surface area contributed by atoms with Gasteiger partial charge in [0.2, 0.25) is 0 Å². The highest BCUT2D eigenvalue weighted by Crippen LogP contribution is 2.19. The fourth-order valence-corrected chi connectivity index (χ4v) is 2.93. The first-order chi connectivity index (χ1) is 7.84. The first kappa shape index (κ1) is 14.7. The zero-order chi connectivity index (χ0) is 13.2. The van der Waals surface area contributed by atoms with Gasteiger partial charge >= 0.3 is 0 Å². The minimum atomic E-state index is -1.52. The fourth-order valence-electron chi connectivity index (χ4n) is 1.60. The summed E-state index contributed by atoms with van der Waals surface area (Å²) in [4.78, 5) is 10.6. The average Bonchev–Trinajstić information content (AvgIpc) is 2.75. The topological polar surface area (TPSA) is 138 Å². The molecule has 0 radical (unpaired) electrons. The summed E-state index contributed by atoms with van der Waals surface area (Å²) < 4.78 is 0. The highest BCUT2D eigenvalue weighted by atomic mass is 32.2. The highest BCUT2D eigenvalue weighted by molar-refractivity contribution is 8.00. The predicted octanol–water partition coefficient (Wildman–Crippen LogP) is -4.80. The lowest BCUT2D eigenvalue weighted by atomic mass is 10.0. The van der Waals surface area contributed by atoms with Crippen LogP contribution in [-0.4, -0.2) is 68.0 Å². The van der Waals surface area contributed by atoms with Crippen molar-refractivity contribution in [1.82, 2.24) is 0 Å². The summed E-state index contributed by atoms with van der Waals surface area (Å²) in [5.74, 6) is -0.959. The fraction of sp³-hybridized carbons (Fsp3) is 0.889. The van der Waals surface area contributed by atoms with E-state index in [2.05, 4.69) is 0 Å². The second kappa shape index (κ2) is 5.98. The third-order valence-corrected chi connectivity index (χ3v) is 4.10. The largest absolute Gasteiger partial charge is 0.544 e. The molecule has 0 spiro atoms. The minimum absolute atomic E-state index is 0.265. The van der Waals surface area contributed by atoms with Crippen molar-refractivity contribution in [1.29, 1.82) is 0 Å². The smallest absolute Gasteiger partial charge is 0.162 e. The SMILES string of the molecule is C[C@@H](O)[C@@H](O)[C@H](O)[C@H](O)[C@@H]1[NH2+][C@H](C(=O)[O-])CS1. The molecule has 0 saturated carbocycles. The molecule has 0 unspecified atom stereocenters. The summed E-state index contributed by atoms with van der Waals surface area (Å²) in [7, 11) is 0. The van der Waals surface area contributed by atoms with Gasteiger partial charge in [0, 0.05) is 0 Å². The molecule has 6 N–H and O–H groups in total. The van der Waals surface area contributed by atoms with Crippen LogP contribution in [0.3, 0.4) is 0 Å². The molecular formula is C9H17NO6S. The molecule has 1 aliphatic rings. The quantitative estimate of drug-likeness (QED) is 0.337. The number of nitrogens with two attached hydrogens (primary N) is 1. The van der Waals surface area contributed by atoms with Gasteiger partial charge in [-0.1, -0.05) is 11.8 Å². The molecule has 0 aromatic carbocycles. The zero-order valence-corrected chi connectivity index (χ0v) is 10.1. The van der Waals surface area contributed by atoms with Crippen LogP contribution in [0, 0.1) is 0 Å². The van der Waals surface area contributed by atoms with Gasteiger partial charge in [0.05, 0.1) is 11.9 Å². The molecule has 1 heterocycles. The zero-order valence-electron chi connectivity index (χ0n) is 9.26. The number of carbonyl (C=O) groups is 1. The summed E-state index contributed by atoms with van der Waals surface area (Å²) >= 11 is 1.17. The lowest BCUT2D eigenvalue weighted by molar-refractivity contribution is -0.692. The maximum Gasteiger partial charge on any atom is 0.162 e. The van der Waals surface area contributed by atoms with Crippen molar-refractivity contribution in [2.75, 3.05) is 5.75 Å². The number of aliphatic hydroxyl groups excluding tert-OH is 4. The molecule has 0 aliphatic carbocycles. The number of rotatable bonds is 5. The lowest BCUT2D eigenvalue weighted by Gasteiger charge is -2.26. The molecule has 8 heteroatoms. The van der Waals surface area contributed by atoms with E-state index < -0.39 is 41.8 Å². The molecule has 17 heavy (non-hydrogen) atoms. The molecule has 1 aliphatic heterocycles. The van der Waals surface area contributed by atoms with Gasteiger partial charge in [0.25, 0.3) is 0 Å². The third kappa shape index (κ3) is 3.54. The van der Waals surface area contributed by atoms with Gasteiger partial charge < -0.3 is 35.6 Å². The molecule has 6 atom stereocenters. The number of quaternary nitrogens is 1. The summed E-state index contributed by atoms with van der Waals surface area (Å²) in [6, 6.07) is -0.768. The van der Waals surface area contributed by atoms with E-state index in [0.29, 0.717) is 0 Å². The Labute approximate surface area is 102 Å². The van der Waals surface area contributed by atoms with Crippen LogP contribution in [0.25, 0.3) is 0 Å². The van der Waals surface area contributed by atoms with E-state index in [-0.39, 0.29) is 5.75 Å². The van der Waals surface area contributed by atoms with Crippen LogP contribution in [0.4, 0.5) is 0 Å². The van der Waals surface area contributed by atoms with Crippen molar-refractivity contribution in [3.8, 4) is 0 Å². The van der Waals surface area contributed by atoms with E-state index in [9.17, 15) is 25.2 Å². The molecule has 100 valence electrons. The van der Waals surface area contributed by atoms with Crippen LogP contribution in [0.1, 0.15) is 6.92 Å². The van der Waals surface area contributed by atoms with Gasteiger partial charge in [-0.2, -0.15) is 0 Å². The predicted molar refractivity (Wildman–Crippen MR) is 56.7 cm³/mol. The maximum absolute atomic E-state index is 10.6. The third-order valence-electron chi connectivity index (χ3n) is 2.72. The van der Waals surface area contributed by atoms with Crippen LogP contribution >= 0.6 is 11.8 Å². The van der Waals surface area contributed by atoms with E-state index in [1.54, 1.807) is 0 Å². The Morgan fingerprint density at radius 1 is 1.35 bits per heavy atom. The second-order valence-electron chi connectivity index (χ2n) is 4.13. The minimum Gasteiger partial charge on any atom is -0.544 e. The first-order valence-corrected chi connectivity index (χ1v) is 6.29. The van der Waals surface area contributed by atoms with Crippen LogP contribution in [0.5, 0.6) is 0 Å². The van der Waals surface area contributed by atoms with Crippen molar-refractivity contribution in [2.24, 2.45) is 0 Å². The standard InChI is InChI=1S/C9H17NO6S/c1-3(11)5(12)6(13)7(14)8-10-4(2-17-8)9(15)16/h3-8,10-14H,2H2,1H3,(H,15,16)/t3-,4+,5-,6+,7+,8-/m1/s1. The van der Waals surface area contributed by atoms with Crippen molar-refractivity contribution in [3.05, 3.63) is 0 Å².